The van der Waals surface area contributed by atoms with E-state index in [1.165, 1.54) is 6.20 Å². The van der Waals surface area contributed by atoms with E-state index in [2.05, 4.69) is 15.3 Å². The Hall–Kier alpha value is -2.63. The van der Waals surface area contributed by atoms with E-state index in [1.807, 2.05) is 25.1 Å². The highest BCUT2D eigenvalue weighted by molar-refractivity contribution is 5.84. The maximum absolute atomic E-state index is 10.7. The first-order valence-electron chi connectivity index (χ1n) is 5.63. The maximum Gasteiger partial charge on any atom is 0.409 e. The molecule has 0 aliphatic carbocycles. The number of para-hydroxylation sites is 1. The minimum absolute atomic E-state index is 0.184. The number of anilines is 1. The molecule has 1 aromatic heterocycles. The van der Waals surface area contributed by atoms with Crippen molar-refractivity contribution in [2.45, 2.75) is 13.8 Å². The number of hydrogen-bond acceptors (Lipinski definition) is 4. The Bertz CT molecular complexity index is 614. The molecule has 6 heteroatoms. The zero-order chi connectivity index (χ0) is 13.8. The van der Waals surface area contributed by atoms with Gasteiger partial charge in [-0.05, 0) is 25.5 Å². The molecule has 0 bridgehead atoms. The van der Waals surface area contributed by atoms with Crippen LogP contribution in [0.1, 0.15) is 11.4 Å². The lowest BCUT2D eigenvalue weighted by Gasteiger charge is -2.11. The molecule has 98 valence electrons. The van der Waals surface area contributed by atoms with Crippen molar-refractivity contribution in [3.63, 3.8) is 0 Å². The smallest absolute Gasteiger partial charge is 0.409 e. The van der Waals surface area contributed by atoms with Crippen molar-refractivity contribution in [3.05, 3.63) is 41.9 Å². The van der Waals surface area contributed by atoms with E-state index in [0.717, 1.165) is 5.56 Å². The number of amides is 1. The number of aryl methyl sites for hydroxylation is 2. The Morgan fingerprint density at radius 1 is 1.32 bits per heavy atom. The van der Waals surface area contributed by atoms with Gasteiger partial charge >= 0.3 is 6.09 Å². The second kappa shape index (κ2) is 5.34. The van der Waals surface area contributed by atoms with Crippen molar-refractivity contribution in [1.82, 2.24) is 9.97 Å². The molecule has 0 saturated carbocycles. The Balaban J connectivity index is 2.35. The molecule has 0 aliphatic heterocycles. The first kappa shape index (κ1) is 12.8. The number of ether oxygens (including phenoxy) is 1. The maximum atomic E-state index is 10.7. The second-order valence-corrected chi connectivity index (χ2v) is 3.93. The van der Waals surface area contributed by atoms with E-state index in [9.17, 15) is 4.79 Å². The van der Waals surface area contributed by atoms with Crippen LogP contribution in [0.3, 0.4) is 0 Å². The number of rotatable bonds is 3. The number of nitrogens with one attached hydrogen (secondary N) is 1. The van der Waals surface area contributed by atoms with Crippen LogP contribution in [0.4, 0.5) is 10.5 Å². The Morgan fingerprint density at radius 2 is 2.05 bits per heavy atom. The number of benzene rings is 1. The van der Waals surface area contributed by atoms with Crippen LogP contribution in [-0.4, -0.2) is 21.2 Å². The molecule has 2 aromatic rings. The molecule has 0 fully saturated rings. The van der Waals surface area contributed by atoms with E-state index in [0.29, 0.717) is 11.6 Å². The molecule has 1 amide bonds. The third-order valence-electron chi connectivity index (χ3n) is 2.42. The van der Waals surface area contributed by atoms with Gasteiger partial charge in [0.25, 0.3) is 0 Å². The summed E-state index contributed by atoms with van der Waals surface area (Å²) in [6, 6.07) is 7.41. The second-order valence-electron chi connectivity index (χ2n) is 3.93. The third-order valence-corrected chi connectivity index (χ3v) is 2.42. The van der Waals surface area contributed by atoms with Crippen LogP contribution < -0.4 is 10.1 Å². The Kier molecular flexibility index (Phi) is 3.61. The molecule has 0 aliphatic rings. The van der Waals surface area contributed by atoms with Gasteiger partial charge in [-0.25, -0.2) is 9.78 Å². The number of carboxylic acid groups (broad SMARTS) is 1. The van der Waals surface area contributed by atoms with E-state index in [1.54, 1.807) is 13.0 Å². The van der Waals surface area contributed by atoms with Gasteiger partial charge in [0.05, 0.1) is 6.20 Å². The highest BCUT2D eigenvalue weighted by Gasteiger charge is 2.11. The van der Waals surface area contributed by atoms with Crippen LogP contribution in [0.2, 0.25) is 0 Å². The molecule has 6 nitrogen and oxygen atoms in total. The number of carbonyl (C=O) groups is 1. The molecular formula is C13H13N3O3. The molecule has 0 radical (unpaired) electrons. The van der Waals surface area contributed by atoms with Gasteiger partial charge in [0.15, 0.2) is 0 Å². The fourth-order valence-electron chi connectivity index (χ4n) is 1.50. The van der Waals surface area contributed by atoms with E-state index in [4.69, 9.17) is 9.84 Å². The van der Waals surface area contributed by atoms with Gasteiger partial charge in [-0.15, -0.1) is 0 Å². The highest BCUT2D eigenvalue weighted by Crippen LogP contribution is 2.28. The molecule has 2 rings (SSSR count). The quantitative estimate of drug-likeness (QED) is 0.885. The fraction of sp³-hybridized carbons (Fsp3) is 0.154. The molecule has 1 aromatic carbocycles. The van der Waals surface area contributed by atoms with Crippen LogP contribution in [-0.2, 0) is 0 Å². The summed E-state index contributed by atoms with van der Waals surface area (Å²) in [7, 11) is 0. The van der Waals surface area contributed by atoms with Crippen molar-refractivity contribution in [3.8, 4) is 11.6 Å². The first-order chi connectivity index (χ1) is 9.06. The molecular weight excluding hydrogens is 246 g/mol. The average molecular weight is 259 g/mol. The summed E-state index contributed by atoms with van der Waals surface area (Å²) < 4.78 is 5.65. The predicted octanol–water partition coefficient (Wildman–Crippen LogP) is 2.98. The number of nitrogens with zero attached hydrogens (tertiary/aromatic N) is 2. The van der Waals surface area contributed by atoms with Crippen LogP contribution >= 0.6 is 0 Å². The summed E-state index contributed by atoms with van der Waals surface area (Å²) in [6.07, 6.45) is 0.187. The zero-order valence-electron chi connectivity index (χ0n) is 10.5. The normalized spacial score (nSPS) is 10.0. The Labute approximate surface area is 110 Å². The largest absolute Gasteiger partial charge is 0.465 e. The first-order valence-corrected chi connectivity index (χ1v) is 5.63. The average Bonchev–Trinajstić information content (AvgIpc) is 2.35. The fourth-order valence-corrected chi connectivity index (χ4v) is 1.50. The number of aromatic nitrogens is 2. The lowest BCUT2D eigenvalue weighted by Crippen LogP contribution is -2.10. The van der Waals surface area contributed by atoms with Crippen LogP contribution in [0, 0.1) is 13.8 Å². The minimum atomic E-state index is -1.19. The van der Waals surface area contributed by atoms with Gasteiger partial charge in [0.1, 0.15) is 17.3 Å². The van der Waals surface area contributed by atoms with Gasteiger partial charge in [-0.3, -0.25) is 5.32 Å². The summed E-state index contributed by atoms with van der Waals surface area (Å²) in [5.74, 6) is 1.30. The Morgan fingerprint density at radius 3 is 2.74 bits per heavy atom. The zero-order valence-corrected chi connectivity index (χ0v) is 10.5. The van der Waals surface area contributed by atoms with Crippen molar-refractivity contribution in [2.24, 2.45) is 0 Å². The van der Waals surface area contributed by atoms with Gasteiger partial charge < -0.3 is 9.84 Å². The van der Waals surface area contributed by atoms with Crippen molar-refractivity contribution < 1.29 is 14.6 Å². The van der Waals surface area contributed by atoms with Crippen molar-refractivity contribution in [1.29, 1.82) is 0 Å². The van der Waals surface area contributed by atoms with Gasteiger partial charge in [-0.2, -0.15) is 4.98 Å². The van der Waals surface area contributed by atoms with Crippen LogP contribution in [0.15, 0.2) is 30.5 Å². The van der Waals surface area contributed by atoms with Crippen molar-refractivity contribution >= 4 is 11.8 Å². The van der Waals surface area contributed by atoms with Crippen molar-refractivity contribution in [2.75, 3.05) is 5.32 Å². The standard InChI is InChI=1S/C13H13N3O3/c1-8-5-3-4-6-11(8)19-12-10(16-13(17)18)7-14-9(2)15-12/h3-7,16H,1-2H3,(H,17,18). The topological polar surface area (TPSA) is 84.3 Å². The lowest BCUT2D eigenvalue weighted by atomic mass is 10.2. The van der Waals surface area contributed by atoms with E-state index >= 15 is 0 Å². The molecule has 0 unspecified atom stereocenters. The third kappa shape index (κ3) is 3.19. The molecule has 0 spiro atoms. The van der Waals surface area contributed by atoms with E-state index < -0.39 is 6.09 Å². The minimum Gasteiger partial charge on any atom is -0.465 e. The monoisotopic (exact) mass is 259 g/mol. The summed E-state index contributed by atoms with van der Waals surface area (Å²) in [4.78, 5) is 18.7. The van der Waals surface area contributed by atoms with Crippen LogP contribution in [0.25, 0.3) is 0 Å². The SMILES string of the molecule is Cc1ncc(NC(=O)O)c(Oc2ccccc2C)n1. The molecule has 0 saturated heterocycles. The summed E-state index contributed by atoms with van der Waals surface area (Å²) in [5, 5.41) is 11.0. The summed E-state index contributed by atoms with van der Waals surface area (Å²) in [5.41, 5.74) is 1.14. The van der Waals surface area contributed by atoms with E-state index in [-0.39, 0.29) is 11.6 Å². The number of hydrogen-bond donors (Lipinski definition) is 2. The summed E-state index contributed by atoms with van der Waals surface area (Å²) in [6.45, 7) is 3.60. The molecule has 1 heterocycles. The van der Waals surface area contributed by atoms with Gasteiger partial charge in [0, 0.05) is 0 Å². The predicted molar refractivity (Wildman–Crippen MR) is 69.7 cm³/mol. The van der Waals surface area contributed by atoms with Gasteiger partial charge in [0.2, 0.25) is 5.88 Å². The van der Waals surface area contributed by atoms with Crippen LogP contribution in [0.5, 0.6) is 11.6 Å². The molecule has 0 atom stereocenters. The van der Waals surface area contributed by atoms with Gasteiger partial charge in [-0.1, -0.05) is 18.2 Å². The molecule has 19 heavy (non-hydrogen) atoms. The lowest BCUT2D eigenvalue weighted by molar-refractivity contribution is 0.209. The summed E-state index contributed by atoms with van der Waals surface area (Å²) >= 11 is 0. The molecule has 2 N–H and O–H groups in total. The highest BCUT2D eigenvalue weighted by atomic mass is 16.5.